The van der Waals surface area contributed by atoms with Crippen molar-refractivity contribution >= 4 is 28.1 Å². The van der Waals surface area contributed by atoms with Crippen molar-refractivity contribution in [1.82, 2.24) is 33.6 Å². The average molecular weight is 469 g/mol. The Hall–Kier alpha value is -3.80. The molecule has 1 saturated heterocycles. The van der Waals surface area contributed by atoms with Gasteiger partial charge in [-0.15, -0.1) is 0 Å². The molecule has 0 bridgehead atoms. The van der Waals surface area contributed by atoms with Crippen LogP contribution >= 0.6 is 0 Å². The van der Waals surface area contributed by atoms with Gasteiger partial charge in [0, 0.05) is 40.0 Å². The highest BCUT2D eigenvalue weighted by Crippen LogP contribution is 2.26. The van der Waals surface area contributed by atoms with Crippen LogP contribution in [0.4, 0.5) is 4.39 Å². The number of aryl methyl sites for hydroxylation is 2. The Bertz CT molecular complexity index is 1530. The Labute approximate surface area is 192 Å². The van der Waals surface area contributed by atoms with Crippen LogP contribution in [0.2, 0.25) is 0 Å². The fourth-order valence-electron chi connectivity index (χ4n) is 4.61. The van der Waals surface area contributed by atoms with E-state index < -0.39 is 23.4 Å². The molecule has 12 heteroatoms. The molecule has 1 aromatic carbocycles. The highest BCUT2D eigenvalue weighted by molar-refractivity contribution is 5.77. The van der Waals surface area contributed by atoms with Crippen LogP contribution in [-0.4, -0.2) is 63.8 Å². The van der Waals surface area contributed by atoms with Gasteiger partial charge in [-0.05, 0) is 24.6 Å². The van der Waals surface area contributed by atoms with E-state index in [4.69, 9.17) is 0 Å². The number of fused-ring (bicyclic) bond motifs is 2. The van der Waals surface area contributed by atoms with Crippen LogP contribution in [0, 0.1) is 5.82 Å². The third-order valence-electron chi connectivity index (χ3n) is 6.43. The van der Waals surface area contributed by atoms with Gasteiger partial charge >= 0.3 is 5.69 Å². The van der Waals surface area contributed by atoms with Crippen molar-refractivity contribution in [3.05, 3.63) is 57.0 Å². The van der Waals surface area contributed by atoms with Gasteiger partial charge in [-0.2, -0.15) is 0 Å². The van der Waals surface area contributed by atoms with Crippen molar-refractivity contribution in [3.63, 3.8) is 0 Å². The molecule has 178 valence electrons. The second kappa shape index (κ2) is 8.20. The first kappa shape index (κ1) is 22.0. The summed E-state index contributed by atoms with van der Waals surface area (Å²) in [5, 5.41) is 10.7. The van der Waals surface area contributed by atoms with Gasteiger partial charge in [-0.25, -0.2) is 19.2 Å². The molecule has 0 saturated carbocycles. The molecule has 0 radical (unpaired) electrons. The van der Waals surface area contributed by atoms with Crippen LogP contribution in [0.1, 0.15) is 24.7 Å². The Balaban J connectivity index is 1.27. The number of rotatable bonds is 5. The van der Waals surface area contributed by atoms with Crippen molar-refractivity contribution in [1.29, 1.82) is 0 Å². The lowest BCUT2D eigenvalue weighted by atomic mass is 10.2. The minimum Gasteiger partial charge on any atom is -0.389 e. The van der Waals surface area contributed by atoms with Crippen molar-refractivity contribution in [2.24, 2.45) is 14.1 Å². The standard InChI is InChI=1S/C22H24FN7O4/c1-27-20-19(21(33)28(2)22(27)34)24-11-30(20)15-9-29(10-16(15)31)18(32)5-3-4-17-25-13-7-6-12(23)8-14(13)26-17/h6-8,11,15-16,31H,3-5,9-10H2,1-2H3,(H,25,26)/t15-,16-/m0/s1. The minimum atomic E-state index is -0.870. The number of nitrogens with zero attached hydrogens (tertiary/aromatic N) is 6. The molecule has 1 amide bonds. The summed E-state index contributed by atoms with van der Waals surface area (Å²) >= 11 is 0. The summed E-state index contributed by atoms with van der Waals surface area (Å²) in [6.07, 6.45) is 1.88. The molecule has 0 aliphatic carbocycles. The number of imidazole rings is 2. The van der Waals surface area contributed by atoms with Gasteiger partial charge in [-0.1, -0.05) is 0 Å². The van der Waals surface area contributed by atoms with E-state index in [9.17, 15) is 23.9 Å². The zero-order valence-corrected chi connectivity index (χ0v) is 18.7. The van der Waals surface area contributed by atoms with Gasteiger partial charge in [0.2, 0.25) is 5.91 Å². The first-order valence-corrected chi connectivity index (χ1v) is 11.0. The Morgan fingerprint density at radius 1 is 1.24 bits per heavy atom. The SMILES string of the molecule is Cn1c(=O)c2ncn([C@H]3CN(C(=O)CCCc4nc5ccc(F)cc5[nH]4)C[C@@H]3O)c2n(C)c1=O. The van der Waals surface area contributed by atoms with E-state index in [2.05, 4.69) is 15.0 Å². The number of β-amino-alcohol motifs (C(OH)–C–C–N with tert-alkyl or cyclic N) is 1. The van der Waals surface area contributed by atoms with Gasteiger partial charge in [0.25, 0.3) is 5.56 Å². The molecule has 1 fully saturated rings. The molecular formula is C22H24FN7O4. The van der Waals surface area contributed by atoms with Gasteiger partial charge in [0.15, 0.2) is 5.52 Å². The summed E-state index contributed by atoms with van der Waals surface area (Å²) in [6.45, 7) is 0.380. The van der Waals surface area contributed by atoms with E-state index in [0.29, 0.717) is 35.3 Å². The number of aromatic nitrogens is 6. The molecule has 0 unspecified atom stereocenters. The number of aromatic amines is 1. The monoisotopic (exact) mass is 469 g/mol. The number of benzene rings is 1. The molecule has 2 atom stereocenters. The largest absolute Gasteiger partial charge is 0.389 e. The molecule has 4 heterocycles. The molecule has 1 aliphatic rings. The number of aliphatic hydroxyl groups excluding tert-OH is 1. The normalized spacial score (nSPS) is 18.4. The highest BCUT2D eigenvalue weighted by Gasteiger charge is 2.36. The highest BCUT2D eigenvalue weighted by atomic mass is 19.1. The van der Waals surface area contributed by atoms with Gasteiger partial charge < -0.3 is 19.6 Å². The Morgan fingerprint density at radius 3 is 2.82 bits per heavy atom. The number of aliphatic hydroxyl groups is 1. The van der Waals surface area contributed by atoms with Gasteiger partial charge in [0.1, 0.15) is 17.3 Å². The topological polar surface area (TPSA) is 131 Å². The van der Waals surface area contributed by atoms with E-state index in [1.54, 1.807) is 22.6 Å². The smallest absolute Gasteiger partial charge is 0.332 e. The van der Waals surface area contributed by atoms with Gasteiger partial charge in [0.05, 0.1) is 29.5 Å². The van der Waals surface area contributed by atoms with Crippen molar-refractivity contribution in [2.75, 3.05) is 13.1 Å². The van der Waals surface area contributed by atoms with Crippen LogP contribution in [0.3, 0.4) is 0 Å². The Morgan fingerprint density at radius 2 is 2.03 bits per heavy atom. The van der Waals surface area contributed by atoms with E-state index >= 15 is 0 Å². The number of amides is 1. The van der Waals surface area contributed by atoms with Crippen LogP contribution in [0.15, 0.2) is 34.1 Å². The number of hydrogen-bond donors (Lipinski definition) is 2. The van der Waals surface area contributed by atoms with Crippen LogP contribution in [0.5, 0.6) is 0 Å². The number of halogens is 1. The molecule has 4 aromatic rings. The first-order valence-electron chi connectivity index (χ1n) is 11.0. The van der Waals surface area contributed by atoms with E-state index in [1.807, 2.05) is 0 Å². The maximum Gasteiger partial charge on any atom is 0.332 e. The molecule has 3 aromatic heterocycles. The summed E-state index contributed by atoms with van der Waals surface area (Å²) in [4.78, 5) is 50.8. The first-order chi connectivity index (χ1) is 16.2. The van der Waals surface area contributed by atoms with Gasteiger partial charge in [-0.3, -0.25) is 18.7 Å². The molecule has 34 heavy (non-hydrogen) atoms. The fourth-order valence-corrected chi connectivity index (χ4v) is 4.61. The molecule has 11 nitrogen and oxygen atoms in total. The Kier molecular flexibility index (Phi) is 5.31. The quantitative estimate of drug-likeness (QED) is 0.430. The molecule has 2 N–H and O–H groups in total. The van der Waals surface area contributed by atoms with E-state index in [-0.39, 0.29) is 36.8 Å². The van der Waals surface area contributed by atoms with Crippen molar-refractivity contribution < 1.29 is 14.3 Å². The molecule has 0 spiro atoms. The number of carbonyl (C=O) groups is 1. The average Bonchev–Trinajstić information content (AvgIpc) is 3.52. The zero-order chi connectivity index (χ0) is 24.1. The number of hydrogen-bond acceptors (Lipinski definition) is 6. The number of carbonyl (C=O) groups excluding carboxylic acids is 1. The third-order valence-corrected chi connectivity index (χ3v) is 6.43. The maximum absolute atomic E-state index is 13.3. The summed E-state index contributed by atoms with van der Waals surface area (Å²) in [6, 6.07) is 3.81. The number of H-pyrrole nitrogens is 1. The lowest BCUT2D eigenvalue weighted by Gasteiger charge is -2.18. The predicted octanol–water partition coefficient (Wildman–Crippen LogP) is 0.216. The second-order valence-electron chi connectivity index (χ2n) is 8.66. The summed E-state index contributed by atoms with van der Waals surface area (Å²) in [5.41, 5.74) is 0.729. The summed E-state index contributed by atoms with van der Waals surface area (Å²) in [5.74, 6) is 0.226. The predicted molar refractivity (Wildman–Crippen MR) is 121 cm³/mol. The van der Waals surface area contributed by atoms with E-state index in [1.165, 1.54) is 30.1 Å². The third kappa shape index (κ3) is 3.59. The van der Waals surface area contributed by atoms with Crippen LogP contribution in [-0.2, 0) is 25.3 Å². The maximum atomic E-state index is 13.3. The van der Waals surface area contributed by atoms with Crippen molar-refractivity contribution in [3.8, 4) is 0 Å². The zero-order valence-electron chi connectivity index (χ0n) is 18.7. The number of nitrogens with one attached hydrogen (secondary N) is 1. The molecular weight excluding hydrogens is 445 g/mol. The number of likely N-dealkylation sites (tertiary alicyclic amines) is 1. The van der Waals surface area contributed by atoms with Crippen molar-refractivity contribution in [2.45, 2.75) is 31.4 Å². The lowest BCUT2D eigenvalue weighted by Crippen LogP contribution is -2.38. The molecule has 5 rings (SSSR count). The van der Waals surface area contributed by atoms with Crippen LogP contribution < -0.4 is 11.2 Å². The summed E-state index contributed by atoms with van der Waals surface area (Å²) < 4.78 is 17.3. The summed E-state index contributed by atoms with van der Waals surface area (Å²) in [7, 11) is 2.93. The lowest BCUT2D eigenvalue weighted by molar-refractivity contribution is -0.130. The van der Waals surface area contributed by atoms with E-state index in [0.717, 1.165) is 4.57 Å². The molecule has 1 aliphatic heterocycles. The van der Waals surface area contributed by atoms with Crippen LogP contribution in [0.25, 0.3) is 22.2 Å². The second-order valence-corrected chi connectivity index (χ2v) is 8.66. The minimum absolute atomic E-state index is 0.113. The fraction of sp³-hybridized carbons (Fsp3) is 0.409.